The van der Waals surface area contributed by atoms with Gasteiger partial charge in [-0.1, -0.05) is 48.0 Å². The lowest BCUT2D eigenvalue weighted by atomic mass is 10.2. The van der Waals surface area contributed by atoms with Gasteiger partial charge in [-0.05, 0) is 30.7 Å². The molecule has 0 bridgehead atoms. The van der Waals surface area contributed by atoms with Gasteiger partial charge in [0.05, 0.1) is 6.26 Å². The third-order valence-electron chi connectivity index (χ3n) is 2.29. The molecule has 0 heterocycles. The summed E-state index contributed by atoms with van der Waals surface area (Å²) >= 11 is 0. The van der Waals surface area contributed by atoms with Crippen LogP contribution in [0.25, 0.3) is 6.08 Å². The summed E-state index contributed by atoms with van der Waals surface area (Å²) in [4.78, 5) is 0. The van der Waals surface area contributed by atoms with E-state index in [-0.39, 0.29) is 0 Å². The second-order valence-corrected chi connectivity index (χ2v) is 3.64. The summed E-state index contributed by atoms with van der Waals surface area (Å²) in [6.07, 6.45) is 3.65. The highest BCUT2D eigenvalue weighted by Gasteiger charge is 1.89. The van der Waals surface area contributed by atoms with Crippen molar-refractivity contribution in [2.24, 2.45) is 0 Å². The van der Waals surface area contributed by atoms with E-state index in [1.54, 1.807) is 6.26 Å². The molecule has 1 heteroatoms. The Morgan fingerprint density at radius 3 is 2.25 bits per heavy atom. The van der Waals surface area contributed by atoms with Crippen molar-refractivity contribution >= 4 is 6.08 Å². The maximum Gasteiger partial charge on any atom is 0.126 e. The molecule has 16 heavy (non-hydrogen) atoms. The summed E-state index contributed by atoms with van der Waals surface area (Å²) in [5.74, 6) is 0.859. The van der Waals surface area contributed by atoms with Gasteiger partial charge in [-0.2, -0.15) is 0 Å². The number of ether oxygens (including phenoxy) is 1. The van der Waals surface area contributed by atoms with Crippen LogP contribution in [0.5, 0.6) is 5.75 Å². The Bertz CT molecular complexity index is 455. The SMILES string of the molecule is Cc1ccc(O/C=C/c2ccccc2)cc1. The maximum absolute atomic E-state index is 5.48. The van der Waals surface area contributed by atoms with Crippen LogP contribution in [0.2, 0.25) is 0 Å². The molecule has 2 aromatic carbocycles. The number of benzene rings is 2. The molecule has 0 spiro atoms. The molecule has 1 nitrogen and oxygen atoms in total. The van der Waals surface area contributed by atoms with Gasteiger partial charge in [0, 0.05) is 0 Å². The van der Waals surface area contributed by atoms with Gasteiger partial charge >= 0.3 is 0 Å². The van der Waals surface area contributed by atoms with Gasteiger partial charge in [0.25, 0.3) is 0 Å². The normalized spacial score (nSPS) is 10.6. The summed E-state index contributed by atoms with van der Waals surface area (Å²) in [6, 6.07) is 18.1. The highest BCUT2D eigenvalue weighted by atomic mass is 16.5. The number of aryl methyl sites for hydroxylation is 1. The lowest BCUT2D eigenvalue weighted by Gasteiger charge is -1.99. The van der Waals surface area contributed by atoms with E-state index in [4.69, 9.17) is 4.74 Å². The summed E-state index contributed by atoms with van der Waals surface area (Å²) < 4.78 is 5.48. The van der Waals surface area contributed by atoms with Crippen LogP contribution >= 0.6 is 0 Å². The quantitative estimate of drug-likeness (QED) is 0.694. The van der Waals surface area contributed by atoms with E-state index in [1.807, 2.05) is 60.7 Å². The van der Waals surface area contributed by atoms with Crippen LogP contribution in [0.1, 0.15) is 11.1 Å². The highest BCUT2D eigenvalue weighted by Crippen LogP contribution is 2.12. The fourth-order valence-electron chi connectivity index (χ4n) is 1.37. The second-order valence-electron chi connectivity index (χ2n) is 3.64. The smallest absolute Gasteiger partial charge is 0.126 e. The van der Waals surface area contributed by atoms with Crippen molar-refractivity contribution in [2.45, 2.75) is 6.92 Å². The molecule has 0 radical (unpaired) electrons. The Morgan fingerprint density at radius 2 is 1.56 bits per heavy atom. The molecule has 0 saturated carbocycles. The molecular formula is C15H14O. The Labute approximate surface area is 96.0 Å². The number of rotatable bonds is 3. The van der Waals surface area contributed by atoms with Gasteiger partial charge in [-0.25, -0.2) is 0 Å². The van der Waals surface area contributed by atoms with Crippen molar-refractivity contribution in [3.8, 4) is 5.75 Å². The topological polar surface area (TPSA) is 9.23 Å². The molecule has 0 fully saturated rings. The van der Waals surface area contributed by atoms with Crippen molar-refractivity contribution in [3.05, 3.63) is 72.0 Å². The van der Waals surface area contributed by atoms with Crippen LogP contribution in [0.3, 0.4) is 0 Å². The minimum atomic E-state index is 0.859. The van der Waals surface area contributed by atoms with E-state index in [2.05, 4.69) is 6.92 Å². The zero-order valence-corrected chi connectivity index (χ0v) is 9.26. The van der Waals surface area contributed by atoms with Gasteiger partial charge in [0.1, 0.15) is 5.75 Å². The predicted octanol–water partition coefficient (Wildman–Crippen LogP) is 4.04. The molecule has 0 aliphatic heterocycles. The second kappa shape index (κ2) is 5.17. The molecule has 0 N–H and O–H groups in total. The molecular weight excluding hydrogens is 196 g/mol. The van der Waals surface area contributed by atoms with Gasteiger partial charge in [-0.3, -0.25) is 0 Å². The van der Waals surface area contributed by atoms with Gasteiger partial charge in [0.2, 0.25) is 0 Å². The molecule has 2 rings (SSSR count). The van der Waals surface area contributed by atoms with E-state index in [1.165, 1.54) is 5.56 Å². The van der Waals surface area contributed by atoms with Gasteiger partial charge < -0.3 is 4.74 Å². The largest absolute Gasteiger partial charge is 0.465 e. The molecule has 80 valence electrons. The van der Waals surface area contributed by atoms with Crippen molar-refractivity contribution in [1.82, 2.24) is 0 Å². The van der Waals surface area contributed by atoms with Crippen molar-refractivity contribution < 1.29 is 4.74 Å². The summed E-state index contributed by atoms with van der Waals surface area (Å²) in [5.41, 5.74) is 2.37. The van der Waals surface area contributed by atoms with Crippen LogP contribution in [0.15, 0.2) is 60.9 Å². The first-order valence-corrected chi connectivity index (χ1v) is 5.29. The van der Waals surface area contributed by atoms with E-state index >= 15 is 0 Å². The first-order valence-electron chi connectivity index (χ1n) is 5.29. The average molecular weight is 210 g/mol. The summed E-state index contributed by atoms with van der Waals surface area (Å²) in [6.45, 7) is 2.06. The maximum atomic E-state index is 5.48. The Kier molecular flexibility index (Phi) is 3.39. The fraction of sp³-hybridized carbons (Fsp3) is 0.0667. The van der Waals surface area contributed by atoms with Crippen molar-refractivity contribution in [2.75, 3.05) is 0 Å². The van der Waals surface area contributed by atoms with Gasteiger partial charge in [-0.15, -0.1) is 0 Å². The van der Waals surface area contributed by atoms with Crippen LogP contribution in [-0.4, -0.2) is 0 Å². The molecule has 0 aliphatic carbocycles. The van der Waals surface area contributed by atoms with Gasteiger partial charge in [0.15, 0.2) is 0 Å². The lowest BCUT2D eigenvalue weighted by molar-refractivity contribution is 0.485. The van der Waals surface area contributed by atoms with Crippen molar-refractivity contribution in [3.63, 3.8) is 0 Å². The van der Waals surface area contributed by atoms with Crippen LogP contribution in [0.4, 0.5) is 0 Å². The average Bonchev–Trinajstić information content (AvgIpc) is 2.33. The first-order chi connectivity index (χ1) is 7.84. The predicted molar refractivity (Wildman–Crippen MR) is 67.3 cm³/mol. The zero-order valence-electron chi connectivity index (χ0n) is 9.26. The molecule has 0 amide bonds. The van der Waals surface area contributed by atoms with Crippen LogP contribution < -0.4 is 4.74 Å². The van der Waals surface area contributed by atoms with E-state index in [0.717, 1.165) is 11.3 Å². The Balaban J connectivity index is 1.97. The fourth-order valence-corrected chi connectivity index (χ4v) is 1.37. The minimum absolute atomic E-state index is 0.859. The minimum Gasteiger partial charge on any atom is -0.465 e. The monoisotopic (exact) mass is 210 g/mol. The third-order valence-corrected chi connectivity index (χ3v) is 2.29. The Morgan fingerprint density at radius 1 is 0.875 bits per heavy atom. The molecule has 0 aromatic heterocycles. The first kappa shape index (κ1) is 10.5. The summed E-state index contributed by atoms with van der Waals surface area (Å²) in [5, 5.41) is 0. The molecule has 0 unspecified atom stereocenters. The van der Waals surface area contributed by atoms with E-state index < -0.39 is 0 Å². The molecule has 0 aliphatic rings. The molecule has 2 aromatic rings. The lowest BCUT2D eigenvalue weighted by Crippen LogP contribution is -1.81. The number of hydrogen-bond donors (Lipinski definition) is 0. The molecule has 0 saturated heterocycles. The third kappa shape index (κ3) is 2.99. The standard InChI is InChI=1S/C15H14O/c1-13-7-9-15(10-8-13)16-12-11-14-5-3-2-4-6-14/h2-12H,1H3/b12-11+. The van der Waals surface area contributed by atoms with Crippen LogP contribution in [0, 0.1) is 6.92 Å². The number of hydrogen-bond acceptors (Lipinski definition) is 1. The van der Waals surface area contributed by atoms with E-state index in [9.17, 15) is 0 Å². The Hall–Kier alpha value is -2.02. The zero-order chi connectivity index (χ0) is 11.2. The molecule has 0 atom stereocenters. The van der Waals surface area contributed by atoms with Crippen molar-refractivity contribution in [1.29, 1.82) is 0 Å². The summed E-state index contributed by atoms with van der Waals surface area (Å²) in [7, 11) is 0. The highest BCUT2D eigenvalue weighted by molar-refractivity contribution is 5.48. The van der Waals surface area contributed by atoms with Crippen LogP contribution in [-0.2, 0) is 0 Å². The van der Waals surface area contributed by atoms with E-state index in [0.29, 0.717) is 0 Å².